The van der Waals surface area contributed by atoms with E-state index >= 15 is 0 Å². The Bertz CT molecular complexity index is 908. The molecule has 29 heavy (non-hydrogen) atoms. The van der Waals surface area contributed by atoms with Crippen LogP contribution in [0.15, 0.2) is 23.1 Å². The number of hydrogen-bond acceptors (Lipinski definition) is 7. The Morgan fingerprint density at radius 2 is 1.86 bits per heavy atom. The number of methoxy groups -OCH3 is 1. The summed E-state index contributed by atoms with van der Waals surface area (Å²) in [5.41, 5.74) is 0.186. The molecule has 1 aromatic rings. The highest BCUT2D eigenvalue weighted by Crippen LogP contribution is 2.30. The van der Waals surface area contributed by atoms with Crippen molar-refractivity contribution in [1.82, 2.24) is 4.31 Å². The van der Waals surface area contributed by atoms with Crippen LogP contribution in [0.25, 0.3) is 0 Å². The molecule has 0 unspecified atom stereocenters. The van der Waals surface area contributed by atoms with Gasteiger partial charge in [-0.2, -0.15) is 4.31 Å². The fraction of sp³-hybridized carbons (Fsp3) is 0.611. The molecule has 0 spiro atoms. The van der Waals surface area contributed by atoms with E-state index < -0.39 is 31.5 Å². The Hall–Kier alpha value is -1.69. The van der Waals surface area contributed by atoms with Gasteiger partial charge < -0.3 is 14.8 Å². The molecule has 9 nitrogen and oxygen atoms in total. The van der Waals surface area contributed by atoms with E-state index in [0.717, 1.165) is 12.8 Å². The number of unbranched alkanes of at least 4 members (excludes halogenated alkanes) is 2. The molecule has 0 atom stereocenters. The molecule has 11 heteroatoms. The smallest absolute Gasteiger partial charge is 0.246 e. The van der Waals surface area contributed by atoms with Crippen LogP contribution < -0.4 is 10.1 Å². The largest absolute Gasteiger partial charge is 0.495 e. The van der Waals surface area contributed by atoms with Crippen molar-refractivity contribution in [2.45, 2.75) is 31.1 Å². The molecule has 1 amide bonds. The van der Waals surface area contributed by atoms with Crippen molar-refractivity contribution < 1.29 is 31.1 Å². The summed E-state index contributed by atoms with van der Waals surface area (Å²) in [6, 6.07) is 4.18. The number of carbonyl (C=O) groups is 1. The van der Waals surface area contributed by atoms with E-state index in [-0.39, 0.29) is 35.2 Å². The van der Waals surface area contributed by atoms with Gasteiger partial charge in [0.25, 0.3) is 0 Å². The average molecular weight is 449 g/mol. The summed E-state index contributed by atoms with van der Waals surface area (Å²) in [5, 5.41) is 2.47. The fourth-order valence-corrected chi connectivity index (χ4v) is 5.77. The van der Waals surface area contributed by atoms with Crippen LogP contribution in [-0.4, -0.2) is 72.0 Å². The fourth-order valence-electron chi connectivity index (χ4n) is 2.92. The van der Waals surface area contributed by atoms with Gasteiger partial charge in [0, 0.05) is 18.8 Å². The number of hydrogen-bond donors (Lipinski definition) is 1. The minimum Gasteiger partial charge on any atom is -0.495 e. The van der Waals surface area contributed by atoms with Crippen LogP contribution in [0, 0.1) is 0 Å². The van der Waals surface area contributed by atoms with Crippen LogP contribution in [0.2, 0.25) is 0 Å². The van der Waals surface area contributed by atoms with E-state index in [1.165, 1.54) is 29.6 Å². The number of anilines is 1. The third-order valence-corrected chi connectivity index (χ3v) is 7.98. The van der Waals surface area contributed by atoms with Crippen molar-refractivity contribution in [2.24, 2.45) is 0 Å². The number of sulfonamides is 1. The van der Waals surface area contributed by atoms with Crippen molar-refractivity contribution in [1.29, 1.82) is 0 Å². The molecule has 1 aromatic carbocycles. The van der Waals surface area contributed by atoms with Gasteiger partial charge in [-0.15, -0.1) is 0 Å². The van der Waals surface area contributed by atoms with Gasteiger partial charge in [-0.3, -0.25) is 4.79 Å². The SMILES string of the molecule is CCCCCS(=O)(=O)CC(=O)Nc1ccc(OC)c(S(=O)(=O)N2CCOCC2)c1. The first-order valence-corrected chi connectivity index (χ1v) is 12.7. The lowest BCUT2D eigenvalue weighted by atomic mass is 10.3. The number of carbonyl (C=O) groups excluding carboxylic acids is 1. The second-order valence-corrected chi connectivity index (χ2v) is 10.8. The Morgan fingerprint density at radius 3 is 2.48 bits per heavy atom. The predicted molar refractivity (Wildman–Crippen MR) is 109 cm³/mol. The van der Waals surface area contributed by atoms with Gasteiger partial charge in [-0.25, -0.2) is 16.8 Å². The Labute approximate surface area is 172 Å². The molecule has 0 saturated carbocycles. The second-order valence-electron chi connectivity index (χ2n) is 6.73. The van der Waals surface area contributed by atoms with Crippen LogP contribution in [0.5, 0.6) is 5.75 Å². The molecular weight excluding hydrogens is 420 g/mol. The highest BCUT2D eigenvalue weighted by molar-refractivity contribution is 7.92. The lowest BCUT2D eigenvalue weighted by Crippen LogP contribution is -2.40. The number of nitrogens with zero attached hydrogens (tertiary/aromatic N) is 1. The number of benzene rings is 1. The van der Waals surface area contributed by atoms with Crippen molar-refractivity contribution in [2.75, 3.05) is 50.2 Å². The summed E-state index contributed by atoms with van der Waals surface area (Å²) in [6.07, 6.45) is 2.17. The molecule has 0 aromatic heterocycles. The summed E-state index contributed by atoms with van der Waals surface area (Å²) in [5.74, 6) is -1.26. The van der Waals surface area contributed by atoms with Crippen molar-refractivity contribution >= 4 is 31.5 Å². The maximum atomic E-state index is 13.0. The minimum atomic E-state index is -3.85. The molecule has 1 fully saturated rings. The molecule has 0 bridgehead atoms. The van der Waals surface area contributed by atoms with Crippen LogP contribution in [0.3, 0.4) is 0 Å². The van der Waals surface area contributed by atoms with Gasteiger partial charge in [-0.1, -0.05) is 19.8 Å². The third kappa shape index (κ3) is 6.66. The highest BCUT2D eigenvalue weighted by Gasteiger charge is 2.29. The summed E-state index contributed by atoms with van der Waals surface area (Å²) in [7, 11) is -6.02. The van der Waals surface area contributed by atoms with E-state index in [0.29, 0.717) is 19.6 Å². The van der Waals surface area contributed by atoms with Crippen LogP contribution in [0.4, 0.5) is 5.69 Å². The maximum absolute atomic E-state index is 13.0. The van der Waals surface area contributed by atoms with E-state index in [2.05, 4.69) is 5.32 Å². The molecule has 0 aliphatic carbocycles. The molecule has 0 radical (unpaired) electrons. The number of ether oxygens (including phenoxy) is 2. The highest BCUT2D eigenvalue weighted by atomic mass is 32.2. The first-order chi connectivity index (χ1) is 13.7. The van der Waals surface area contributed by atoms with Crippen LogP contribution >= 0.6 is 0 Å². The zero-order chi connectivity index (χ0) is 21.5. The van der Waals surface area contributed by atoms with Crippen molar-refractivity contribution in [3.63, 3.8) is 0 Å². The zero-order valence-corrected chi connectivity index (χ0v) is 18.4. The molecule has 1 aliphatic rings. The normalized spacial score (nSPS) is 15.8. The molecule has 1 heterocycles. The van der Waals surface area contributed by atoms with E-state index in [4.69, 9.17) is 9.47 Å². The van der Waals surface area contributed by atoms with Gasteiger partial charge in [-0.05, 0) is 24.6 Å². The molecule has 1 N–H and O–H groups in total. The number of nitrogens with one attached hydrogen (secondary N) is 1. The molecule has 2 rings (SSSR count). The standard InChI is InChI=1S/C18H28N2O7S2/c1-3-4-5-12-28(22,23)14-18(21)19-15-6-7-16(26-2)17(13-15)29(24,25)20-8-10-27-11-9-20/h6-7,13H,3-5,8-12,14H2,1-2H3,(H,19,21). The van der Waals surface area contributed by atoms with Crippen molar-refractivity contribution in [3.8, 4) is 5.75 Å². The summed E-state index contributed by atoms with van der Waals surface area (Å²) in [6.45, 7) is 3.00. The Balaban J connectivity index is 2.16. The zero-order valence-electron chi connectivity index (χ0n) is 16.7. The van der Waals surface area contributed by atoms with Gasteiger partial charge in [0.2, 0.25) is 15.9 Å². The summed E-state index contributed by atoms with van der Waals surface area (Å²) >= 11 is 0. The number of rotatable bonds is 10. The summed E-state index contributed by atoms with van der Waals surface area (Å²) in [4.78, 5) is 12.1. The minimum absolute atomic E-state index is 0.0481. The van der Waals surface area contributed by atoms with E-state index in [1.807, 2.05) is 6.92 Å². The quantitative estimate of drug-likeness (QED) is 0.535. The molecule has 1 aliphatic heterocycles. The van der Waals surface area contributed by atoms with E-state index in [1.54, 1.807) is 0 Å². The molecule has 164 valence electrons. The van der Waals surface area contributed by atoms with E-state index in [9.17, 15) is 21.6 Å². The molecule has 1 saturated heterocycles. The van der Waals surface area contributed by atoms with Crippen molar-refractivity contribution in [3.05, 3.63) is 18.2 Å². The topological polar surface area (TPSA) is 119 Å². The first-order valence-electron chi connectivity index (χ1n) is 9.46. The third-order valence-electron chi connectivity index (χ3n) is 4.45. The number of amides is 1. The van der Waals surface area contributed by atoms with Crippen LogP contribution in [0.1, 0.15) is 26.2 Å². The Morgan fingerprint density at radius 1 is 1.17 bits per heavy atom. The van der Waals surface area contributed by atoms with Crippen LogP contribution in [-0.2, 0) is 29.4 Å². The second kappa shape index (κ2) is 10.4. The lowest BCUT2D eigenvalue weighted by Gasteiger charge is -2.26. The van der Waals surface area contributed by atoms with Gasteiger partial charge in [0.1, 0.15) is 16.4 Å². The number of sulfone groups is 1. The average Bonchev–Trinajstić information content (AvgIpc) is 2.68. The Kier molecular flexibility index (Phi) is 8.44. The summed E-state index contributed by atoms with van der Waals surface area (Å²) < 4.78 is 61.7. The number of morpholine rings is 1. The molecular formula is C18H28N2O7S2. The van der Waals surface area contributed by atoms with Gasteiger partial charge >= 0.3 is 0 Å². The lowest BCUT2D eigenvalue weighted by molar-refractivity contribution is -0.113. The van der Waals surface area contributed by atoms with Gasteiger partial charge in [0.15, 0.2) is 9.84 Å². The monoisotopic (exact) mass is 448 g/mol. The first kappa shape index (κ1) is 23.6. The maximum Gasteiger partial charge on any atom is 0.246 e. The predicted octanol–water partition coefficient (Wildman–Crippen LogP) is 1.26. The van der Waals surface area contributed by atoms with Gasteiger partial charge in [0.05, 0.1) is 26.1 Å².